The number of carbonyl (C=O) groups excluding carboxylic acids is 1. The van der Waals surface area contributed by atoms with E-state index in [-0.39, 0.29) is 17.9 Å². The Labute approximate surface area is 142 Å². The predicted molar refractivity (Wildman–Crippen MR) is 91.7 cm³/mol. The number of nitrogens with zero attached hydrogens (tertiary/aromatic N) is 1. The second kappa shape index (κ2) is 6.97. The number of hydrogen-bond donors (Lipinski definition) is 3. The number of benzene rings is 1. The Morgan fingerprint density at radius 2 is 2.21 bits per heavy atom. The molecule has 1 aliphatic heterocycles. The van der Waals surface area contributed by atoms with E-state index in [1.165, 1.54) is 6.07 Å². The van der Waals surface area contributed by atoms with Crippen molar-refractivity contribution in [1.82, 2.24) is 10.6 Å². The Kier molecular flexibility index (Phi) is 4.94. The topological polar surface area (TPSA) is 64.6 Å². The first-order chi connectivity index (χ1) is 11.5. The highest BCUT2D eigenvalue weighted by Crippen LogP contribution is 2.30. The molecule has 2 amide bonds. The number of aliphatic hydroxyl groups is 1. The molecule has 1 aromatic carbocycles. The van der Waals surface area contributed by atoms with Crippen LogP contribution in [0.3, 0.4) is 0 Å². The van der Waals surface area contributed by atoms with E-state index in [1.54, 1.807) is 12.1 Å². The molecule has 24 heavy (non-hydrogen) atoms. The maximum absolute atomic E-state index is 13.3. The van der Waals surface area contributed by atoms with Crippen LogP contribution in [0, 0.1) is 12.7 Å². The number of hydrogen-bond acceptors (Lipinski definition) is 3. The van der Waals surface area contributed by atoms with Crippen molar-refractivity contribution in [2.45, 2.75) is 50.7 Å². The Bertz CT molecular complexity index is 604. The van der Waals surface area contributed by atoms with Gasteiger partial charge in [-0.25, -0.2) is 9.18 Å². The monoisotopic (exact) mass is 335 g/mol. The van der Waals surface area contributed by atoms with Crippen LogP contribution >= 0.6 is 0 Å². The normalized spacial score (nSPS) is 22.6. The van der Waals surface area contributed by atoms with Gasteiger partial charge in [0.2, 0.25) is 0 Å². The van der Waals surface area contributed by atoms with Gasteiger partial charge >= 0.3 is 6.03 Å². The Morgan fingerprint density at radius 1 is 1.42 bits per heavy atom. The third kappa shape index (κ3) is 3.98. The van der Waals surface area contributed by atoms with Gasteiger partial charge in [0, 0.05) is 31.4 Å². The second-order valence-electron chi connectivity index (χ2n) is 7.12. The lowest BCUT2D eigenvalue weighted by molar-refractivity contribution is -0.0290. The summed E-state index contributed by atoms with van der Waals surface area (Å²) in [5, 5.41) is 15.8. The summed E-state index contributed by atoms with van der Waals surface area (Å²) in [5.41, 5.74) is 1.22. The molecule has 1 unspecified atom stereocenters. The number of nitrogens with one attached hydrogen (secondary N) is 2. The molecule has 1 saturated heterocycles. The second-order valence-corrected chi connectivity index (χ2v) is 7.12. The van der Waals surface area contributed by atoms with Crippen LogP contribution in [0.1, 0.15) is 37.7 Å². The van der Waals surface area contributed by atoms with Crippen LogP contribution in [-0.4, -0.2) is 42.4 Å². The van der Waals surface area contributed by atoms with Crippen LogP contribution in [0.25, 0.3) is 0 Å². The molecule has 0 bridgehead atoms. The van der Waals surface area contributed by atoms with E-state index >= 15 is 0 Å². The van der Waals surface area contributed by atoms with Crippen LogP contribution in [0.4, 0.5) is 14.9 Å². The average Bonchev–Trinajstić information content (AvgIpc) is 2.51. The lowest BCUT2D eigenvalue weighted by Gasteiger charge is -2.37. The van der Waals surface area contributed by atoms with Crippen LogP contribution in [0.5, 0.6) is 0 Å². The lowest BCUT2D eigenvalue weighted by atomic mass is 9.80. The smallest absolute Gasteiger partial charge is 0.315 e. The molecule has 0 aromatic heterocycles. The van der Waals surface area contributed by atoms with Gasteiger partial charge in [0.05, 0.1) is 5.60 Å². The summed E-state index contributed by atoms with van der Waals surface area (Å²) in [7, 11) is 0. The minimum Gasteiger partial charge on any atom is -0.388 e. The molecule has 2 fully saturated rings. The molecular formula is C18H26FN3O2. The third-order valence-electron chi connectivity index (χ3n) is 5.12. The molecule has 1 heterocycles. The maximum Gasteiger partial charge on any atom is 0.315 e. The molecule has 3 N–H and O–H groups in total. The van der Waals surface area contributed by atoms with Gasteiger partial charge in [-0.1, -0.05) is 0 Å². The van der Waals surface area contributed by atoms with Crippen molar-refractivity contribution in [2.75, 3.05) is 24.5 Å². The summed E-state index contributed by atoms with van der Waals surface area (Å²) in [4.78, 5) is 14.2. The largest absolute Gasteiger partial charge is 0.388 e. The zero-order valence-electron chi connectivity index (χ0n) is 14.1. The van der Waals surface area contributed by atoms with Gasteiger partial charge in [-0.05, 0) is 62.8 Å². The SMILES string of the molecule is Cc1cc(F)ccc1N1CCCC(NC(=O)NCC2(O)CCC2)C1. The van der Waals surface area contributed by atoms with Crippen LogP contribution in [0.15, 0.2) is 18.2 Å². The Balaban J connectivity index is 1.52. The minimum atomic E-state index is -0.707. The van der Waals surface area contributed by atoms with E-state index in [0.29, 0.717) is 13.1 Å². The molecule has 0 spiro atoms. The molecule has 2 aliphatic rings. The van der Waals surface area contributed by atoms with E-state index in [0.717, 1.165) is 49.9 Å². The summed E-state index contributed by atoms with van der Waals surface area (Å²) in [6, 6.07) is 4.65. The zero-order chi connectivity index (χ0) is 17.2. The molecule has 1 aromatic rings. The van der Waals surface area contributed by atoms with Crippen molar-refractivity contribution in [3.8, 4) is 0 Å². The third-order valence-corrected chi connectivity index (χ3v) is 5.12. The van der Waals surface area contributed by atoms with E-state index in [9.17, 15) is 14.3 Å². The van der Waals surface area contributed by atoms with Gasteiger partial charge < -0.3 is 20.6 Å². The molecular weight excluding hydrogens is 309 g/mol. The Morgan fingerprint density at radius 3 is 2.88 bits per heavy atom. The zero-order valence-corrected chi connectivity index (χ0v) is 14.1. The summed E-state index contributed by atoms with van der Waals surface area (Å²) >= 11 is 0. The van der Waals surface area contributed by atoms with Crippen LogP contribution in [0.2, 0.25) is 0 Å². The number of urea groups is 1. The highest BCUT2D eigenvalue weighted by molar-refractivity contribution is 5.74. The maximum atomic E-state index is 13.3. The fourth-order valence-corrected chi connectivity index (χ4v) is 3.53. The molecule has 5 nitrogen and oxygen atoms in total. The number of amides is 2. The van der Waals surface area contributed by atoms with Gasteiger partial charge in [0.25, 0.3) is 0 Å². The lowest BCUT2D eigenvalue weighted by Crippen LogP contribution is -2.54. The molecule has 6 heteroatoms. The van der Waals surface area contributed by atoms with Gasteiger partial charge in [0.15, 0.2) is 0 Å². The highest BCUT2D eigenvalue weighted by Gasteiger charge is 2.34. The van der Waals surface area contributed by atoms with Crippen LogP contribution < -0.4 is 15.5 Å². The van der Waals surface area contributed by atoms with E-state index in [1.807, 2.05) is 6.92 Å². The molecule has 132 valence electrons. The number of halogens is 1. The summed E-state index contributed by atoms with van der Waals surface area (Å²) in [5.74, 6) is -0.226. The van der Waals surface area contributed by atoms with Crippen molar-refractivity contribution < 1.29 is 14.3 Å². The fraction of sp³-hybridized carbons (Fsp3) is 0.611. The van der Waals surface area contributed by atoms with Gasteiger partial charge in [-0.15, -0.1) is 0 Å². The first kappa shape index (κ1) is 17.0. The predicted octanol–water partition coefficient (Wildman–Crippen LogP) is 2.32. The molecule has 3 rings (SSSR count). The molecule has 0 radical (unpaired) electrons. The average molecular weight is 335 g/mol. The van der Waals surface area contributed by atoms with Gasteiger partial charge in [-0.3, -0.25) is 0 Å². The van der Waals surface area contributed by atoms with E-state index in [4.69, 9.17) is 0 Å². The minimum absolute atomic E-state index is 0.0548. The fourth-order valence-electron chi connectivity index (χ4n) is 3.53. The molecule has 1 aliphatic carbocycles. The standard InChI is InChI=1S/C18H26FN3O2/c1-13-10-14(19)5-6-16(13)22-9-2-4-15(11-22)21-17(23)20-12-18(24)7-3-8-18/h5-6,10,15,24H,2-4,7-9,11-12H2,1H3,(H2,20,21,23). The Hall–Kier alpha value is -1.82. The number of rotatable bonds is 4. The van der Waals surface area contributed by atoms with Crippen molar-refractivity contribution >= 4 is 11.7 Å². The number of piperidine rings is 1. The quantitative estimate of drug-likeness (QED) is 0.791. The summed E-state index contributed by atoms with van der Waals surface area (Å²) in [6.07, 6.45) is 4.44. The molecule has 1 saturated carbocycles. The van der Waals surface area contributed by atoms with Crippen molar-refractivity contribution in [3.05, 3.63) is 29.6 Å². The number of carbonyl (C=O) groups is 1. The van der Waals surface area contributed by atoms with Crippen molar-refractivity contribution in [3.63, 3.8) is 0 Å². The van der Waals surface area contributed by atoms with Crippen LogP contribution in [-0.2, 0) is 0 Å². The van der Waals surface area contributed by atoms with Crippen molar-refractivity contribution in [1.29, 1.82) is 0 Å². The van der Waals surface area contributed by atoms with Gasteiger partial charge in [0.1, 0.15) is 5.82 Å². The molecule has 1 atom stereocenters. The first-order valence-electron chi connectivity index (χ1n) is 8.73. The first-order valence-corrected chi connectivity index (χ1v) is 8.73. The number of anilines is 1. The van der Waals surface area contributed by atoms with Crippen molar-refractivity contribution in [2.24, 2.45) is 0 Å². The summed E-state index contributed by atoms with van der Waals surface area (Å²) in [6.45, 7) is 3.84. The van der Waals surface area contributed by atoms with E-state index in [2.05, 4.69) is 15.5 Å². The summed E-state index contributed by atoms with van der Waals surface area (Å²) < 4.78 is 13.3. The van der Waals surface area contributed by atoms with Gasteiger partial charge in [-0.2, -0.15) is 0 Å². The van der Waals surface area contributed by atoms with E-state index < -0.39 is 5.60 Å². The number of aryl methyl sites for hydroxylation is 1. The highest BCUT2D eigenvalue weighted by atomic mass is 19.1.